The maximum absolute atomic E-state index is 11.9. The minimum atomic E-state index is -0.798. The SMILES string of the molecule is O=C1CC(O)CC(CCc2ccc(O)cc2)(c2ccccc2)O1. The lowest BCUT2D eigenvalue weighted by atomic mass is 9.80. The molecule has 1 saturated heterocycles. The summed E-state index contributed by atoms with van der Waals surface area (Å²) in [5.41, 5.74) is 1.16. The van der Waals surface area contributed by atoms with Crippen LogP contribution >= 0.6 is 0 Å². The number of hydrogen-bond acceptors (Lipinski definition) is 4. The molecule has 23 heavy (non-hydrogen) atoms. The summed E-state index contributed by atoms with van der Waals surface area (Å²) in [6, 6.07) is 16.6. The first-order valence-corrected chi connectivity index (χ1v) is 7.81. The second-order valence-electron chi connectivity index (χ2n) is 6.06. The molecule has 1 aliphatic heterocycles. The Labute approximate surface area is 135 Å². The zero-order valence-corrected chi connectivity index (χ0v) is 12.8. The molecule has 2 aromatic carbocycles. The van der Waals surface area contributed by atoms with Crippen molar-refractivity contribution in [2.45, 2.75) is 37.4 Å². The summed E-state index contributed by atoms with van der Waals surface area (Å²) in [5.74, 6) is -0.135. The van der Waals surface area contributed by atoms with Crippen molar-refractivity contribution in [3.63, 3.8) is 0 Å². The fourth-order valence-electron chi connectivity index (χ4n) is 3.17. The van der Waals surface area contributed by atoms with Gasteiger partial charge < -0.3 is 14.9 Å². The zero-order chi connectivity index (χ0) is 16.3. The number of hydrogen-bond donors (Lipinski definition) is 2. The molecule has 0 radical (unpaired) electrons. The van der Waals surface area contributed by atoms with Gasteiger partial charge in [0.2, 0.25) is 0 Å². The van der Waals surface area contributed by atoms with E-state index in [0.717, 1.165) is 11.1 Å². The Balaban J connectivity index is 1.86. The number of carbonyl (C=O) groups is 1. The minimum Gasteiger partial charge on any atom is -0.508 e. The number of esters is 1. The van der Waals surface area contributed by atoms with Crippen molar-refractivity contribution in [3.8, 4) is 5.75 Å². The highest BCUT2D eigenvalue weighted by atomic mass is 16.6. The van der Waals surface area contributed by atoms with E-state index in [1.165, 1.54) is 0 Å². The van der Waals surface area contributed by atoms with Crippen molar-refractivity contribution in [3.05, 3.63) is 65.7 Å². The van der Waals surface area contributed by atoms with Crippen LogP contribution in [0.15, 0.2) is 54.6 Å². The van der Waals surface area contributed by atoms with Gasteiger partial charge in [-0.3, -0.25) is 4.79 Å². The van der Waals surface area contributed by atoms with Gasteiger partial charge in [0.05, 0.1) is 12.5 Å². The molecule has 0 aliphatic carbocycles. The molecule has 0 spiro atoms. The lowest BCUT2D eigenvalue weighted by Gasteiger charge is -2.39. The Morgan fingerprint density at radius 3 is 2.43 bits per heavy atom. The van der Waals surface area contributed by atoms with E-state index in [4.69, 9.17) is 4.74 Å². The van der Waals surface area contributed by atoms with Crippen LogP contribution in [-0.2, 0) is 21.6 Å². The number of benzene rings is 2. The van der Waals surface area contributed by atoms with Gasteiger partial charge in [0, 0.05) is 6.42 Å². The Morgan fingerprint density at radius 2 is 1.78 bits per heavy atom. The summed E-state index contributed by atoms with van der Waals surface area (Å²) in [4.78, 5) is 11.9. The number of aryl methyl sites for hydroxylation is 1. The highest BCUT2D eigenvalue weighted by Gasteiger charge is 2.42. The fraction of sp³-hybridized carbons (Fsp3) is 0.316. The third-order valence-electron chi connectivity index (χ3n) is 4.33. The number of cyclic esters (lactones) is 1. The quantitative estimate of drug-likeness (QED) is 0.852. The van der Waals surface area contributed by atoms with Crippen LogP contribution in [-0.4, -0.2) is 22.3 Å². The number of rotatable bonds is 4. The summed E-state index contributed by atoms with van der Waals surface area (Å²) in [5, 5.41) is 19.4. The van der Waals surface area contributed by atoms with E-state index in [-0.39, 0.29) is 18.1 Å². The van der Waals surface area contributed by atoms with Gasteiger partial charge >= 0.3 is 5.97 Å². The predicted molar refractivity (Wildman–Crippen MR) is 85.9 cm³/mol. The normalized spacial score (nSPS) is 24.2. The molecule has 2 atom stereocenters. The first-order chi connectivity index (χ1) is 11.1. The second kappa shape index (κ2) is 6.42. The number of aliphatic hydroxyl groups excluding tert-OH is 1. The van der Waals surface area contributed by atoms with Crippen LogP contribution in [0.4, 0.5) is 0 Å². The first-order valence-electron chi connectivity index (χ1n) is 7.81. The Kier molecular flexibility index (Phi) is 4.35. The summed E-state index contributed by atoms with van der Waals surface area (Å²) in [6.07, 6.45) is 1.05. The van der Waals surface area contributed by atoms with Gasteiger partial charge in [0.15, 0.2) is 0 Å². The molecule has 0 saturated carbocycles. The standard InChI is InChI=1S/C19H20O4/c20-16-8-6-14(7-9-16)10-11-19(15-4-2-1-3-5-15)13-17(21)12-18(22)23-19/h1-9,17,20-21H,10-13H2. The van der Waals surface area contributed by atoms with Crippen molar-refractivity contribution < 1.29 is 19.7 Å². The number of carbonyl (C=O) groups excluding carboxylic acids is 1. The van der Waals surface area contributed by atoms with Crippen LogP contribution in [0.3, 0.4) is 0 Å². The van der Waals surface area contributed by atoms with Crippen molar-refractivity contribution >= 4 is 5.97 Å². The van der Waals surface area contributed by atoms with Crippen molar-refractivity contribution in [1.29, 1.82) is 0 Å². The van der Waals surface area contributed by atoms with Gasteiger partial charge in [-0.15, -0.1) is 0 Å². The van der Waals surface area contributed by atoms with E-state index in [1.54, 1.807) is 12.1 Å². The minimum absolute atomic E-state index is 0.0494. The predicted octanol–water partition coefficient (Wildman–Crippen LogP) is 2.92. The molecule has 2 unspecified atom stereocenters. The van der Waals surface area contributed by atoms with E-state index in [9.17, 15) is 15.0 Å². The van der Waals surface area contributed by atoms with Gasteiger partial charge in [-0.2, -0.15) is 0 Å². The lowest BCUT2D eigenvalue weighted by Crippen LogP contribution is -2.42. The van der Waals surface area contributed by atoms with Crippen molar-refractivity contribution in [1.82, 2.24) is 0 Å². The molecule has 0 aromatic heterocycles. The zero-order valence-electron chi connectivity index (χ0n) is 12.8. The molecular formula is C19H20O4. The molecule has 1 fully saturated rings. The highest BCUT2D eigenvalue weighted by molar-refractivity contribution is 5.71. The topological polar surface area (TPSA) is 66.8 Å². The molecule has 2 aromatic rings. The summed E-state index contributed by atoms with van der Waals surface area (Å²) >= 11 is 0. The second-order valence-corrected chi connectivity index (χ2v) is 6.06. The lowest BCUT2D eigenvalue weighted by molar-refractivity contribution is -0.179. The molecule has 120 valence electrons. The van der Waals surface area contributed by atoms with Crippen LogP contribution in [0, 0.1) is 0 Å². The molecule has 2 N–H and O–H groups in total. The van der Waals surface area contributed by atoms with E-state index in [1.807, 2.05) is 42.5 Å². The Hall–Kier alpha value is -2.33. The molecular weight excluding hydrogens is 292 g/mol. The number of aromatic hydroxyl groups is 1. The molecule has 4 heteroatoms. The van der Waals surface area contributed by atoms with Crippen LogP contribution in [0.1, 0.15) is 30.4 Å². The monoisotopic (exact) mass is 312 g/mol. The molecule has 1 aliphatic rings. The third-order valence-corrected chi connectivity index (χ3v) is 4.33. The number of phenols is 1. The summed E-state index contributed by atoms with van der Waals surface area (Å²) < 4.78 is 5.73. The van der Waals surface area contributed by atoms with E-state index in [2.05, 4.69) is 0 Å². The Morgan fingerprint density at radius 1 is 1.09 bits per heavy atom. The van der Waals surface area contributed by atoms with Gasteiger partial charge in [-0.25, -0.2) is 0 Å². The summed E-state index contributed by atoms with van der Waals surface area (Å²) in [6.45, 7) is 0. The molecule has 0 bridgehead atoms. The average Bonchev–Trinajstić information content (AvgIpc) is 2.54. The Bertz CT molecular complexity index is 666. The number of aliphatic hydroxyl groups is 1. The third kappa shape index (κ3) is 3.54. The van der Waals surface area contributed by atoms with Crippen molar-refractivity contribution in [2.75, 3.05) is 0 Å². The van der Waals surface area contributed by atoms with Crippen LogP contribution in [0.5, 0.6) is 5.75 Å². The average molecular weight is 312 g/mol. The maximum Gasteiger partial charge on any atom is 0.309 e. The molecule has 0 amide bonds. The molecule has 1 heterocycles. The van der Waals surface area contributed by atoms with Crippen LogP contribution < -0.4 is 0 Å². The van der Waals surface area contributed by atoms with Crippen LogP contribution in [0.2, 0.25) is 0 Å². The first kappa shape index (κ1) is 15.6. The van der Waals surface area contributed by atoms with E-state index >= 15 is 0 Å². The van der Waals surface area contributed by atoms with E-state index in [0.29, 0.717) is 19.3 Å². The number of ether oxygens (including phenoxy) is 1. The largest absolute Gasteiger partial charge is 0.508 e. The molecule has 3 rings (SSSR count). The van der Waals surface area contributed by atoms with Gasteiger partial charge in [0.25, 0.3) is 0 Å². The highest BCUT2D eigenvalue weighted by Crippen LogP contribution is 2.39. The van der Waals surface area contributed by atoms with E-state index < -0.39 is 11.7 Å². The van der Waals surface area contributed by atoms with Gasteiger partial charge in [0.1, 0.15) is 11.4 Å². The maximum atomic E-state index is 11.9. The van der Waals surface area contributed by atoms with Gasteiger partial charge in [-0.05, 0) is 36.1 Å². The van der Waals surface area contributed by atoms with Gasteiger partial charge in [-0.1, -0.05) is 42.5 Å². The summed E-state index contributed by atoms with van der Waals surface area (Å²) in [7, 11) is 0. The van der Waals surface area contributed by atoms with Crippen molar-refractivity contribution in [2.24, 2.45) is 0 Å². The fourth-order valence-corrected chi connectivity index (χ4v) is 3.17. The van der Waals surface area contributed by atoms with Crippen LogP contribution in [0.25, 0.3) is 0 Å². The smallest absolute Gasteiger partial charge is 0.309 e. The number of phenolic OH excluding ortho intramolecular Hbond substituents is 1. The molecule has 4 nitrogen and oxygen atoms in total.